The first kappa shape index (κ1) is 11.7. The van der Waals surface area contributed by atoms with Gasteiger partial charge in [-0.05, 0) is 13.8 Å². The third-order valence-electron chi connectivity index (χ3n) is 2.05. The van der Waals surface area contributed by atoms with E-state index in [-0.39, 0.29) is 11.4 Å². The predicted octanol–water partition coefficient (Wildman–Crippen LogP) is -0.161. The molecule has 0 aliphatic rings. The Labute approximate surface area is 88.6 Å². The van der Waals surface area contributed by atoms with Crippen LogP contribution in [0.3, 0.4) is 0 Å². The fourth-order valence-corrected chi connectivity index (χ4v) is 2.69. The number of hydrogen-bond donors (Lipinski definition) is 1. The van der Waals surface area contributed by atoms with Crippen molar-refractivity contribution < 1.29 is 8.42 Å². The van der Waals surface area contributed by atoms with E-state index in [0.29, 0.717) is 11.4 Å². The first-order valence-electron chi connectivity index (χ1n) is 4.27. The Kier molecular flexibility index (Phi) is 3.12. The number of sulfonamides is 1. The van der Waals surface area contributed by atoms with Crippen LogP contribution in [0.25, 0.3) is 0 Å². The van der Waals surface area contributed by atoms with Crippen molar-refractivity contribution in [3.05, 3.63) is 11.4 Å². The Morgan fingerprint density at radius 2 is 2.13 bits per heavy atom. The highest BCUT2D eigenvalue weighted by atomic mass is 32.2. The molecule has 0 saturated heterocycles. The van der Waals surface area contributed by atoms with Crippen molar-refractivity contribution in [3.63, 3.8) is 0 Å². The molecule has 0 atom stereocenters. The maximum absolute atomic E-state index is 11.7. The van der Waals surface area contributed by atoms with Crippen LogP contribution in [0.2, 0.25) is 0 Å². The molecule has 1 N–H and O–H groups in total. The topological polar surface area (TPSA) is 87.8 Å². The predicted molar refractivity (Wildman–Crippen MR) is 53.5 cm³/mol. The molecule has 15 heavy (non-hydrogen) atoms. The van der Waals surface area contributed by atoms with Crippen molar-refractivity contribution in [1.82, 2.24) is 14.5 Å². The van der Waals surface area contributed by atoms with Crippen LogP contribution in [-0.4, -0.2) is 24.7 Å². The van der Waals surface area contributed by atoms with Crippen LogP contribution in [0.1, 0.15) is 11.4 Å². The minimum atomic E-state index is -3.62. The van der Waals surface area contributed by atoms with Gasteiger partial charge in [0.25, 0.3) is 0 Å². The summed E-state index contributed by atoms with van der Waals surface area (Å²) in [7, 11) is -1.95. The summed E-state index contributed by atoms with van der Waals surface area (Å²) in [5.74, 6) is 0. The summed E-state index contributed by atoms with van der Waals surface area (Å²) in [6.45, 7) is 3.05. The van der Waals surface area contributed by atoms with Crippen LogP contribution < -0.4 is 4.72 Å². The van der Waals surface area contributed by atoms with Crippen molar-refractivity contribution in [1.29, 1.82) is 5.26 Å². The smallest absolute Gasteiger partial charge is 0.245 e. The van der Waals surface area contributed by atoms with Gasteiger partial charge in [0, 0.05) is 7.05 Å². The molecule has 0 unspecified atom stereocenters. The maximum atomic E-state index is 11.7. The lowest BCUT2D eigenvalue weighted by Gasteiger charge is -2.03. The molecule has 0 saturated carbocycles. The second kappa shape index (κ2) is 4.00. The molecular formula is C8H12N4O2S. The van der Waals surface area contributed by atoms with E-state index in [1.165, 1.54) is 4.68 Å². The summed E-state index contributed by atoms with van der Waals surface area (Å²) in [5, 5.41) is 12.3. The highest BCUT2D eigenvalue weighted by Crippen LogP contribution is 2.17. The standard InChI is InChI=1S/C8H12N4O2S/c1-6-8(7(2)12(3)11-6)15(13,14)10-5-4-9/h10H,5H2,1-3H3. The number of rotatable bonds is 3. The summed E-state index contributed by atoms with van der Waals surface area (Å²) >= 11 is 0. The summed E-state index contributed by atoms with van der Waals surface area (Å²) in [6, 6.07) is 1.72. The molecule has 0 aliphatic heterocycles. The zero-order chi connectivity index (χ0) is 11.6. The SMILES string of the molecule is Cc1nn(C)c(C)c1S(=O)(=O)NCC#N. The summed E-state index contributed by atoms with van der Waals surface area (Å²) < 4.78 is 27.1. The van der Waals surface area contributed by atoms with Crippen LogP contribution in [0, 0.1) is 25.2 Å². The van der Waals surface area contributed by atoms with Crippen molar-refractivity contribution in [2.24, 2.45) is 7.05 Å². The lowest BCUT2D eigenvalue weighted by molar-refractivity contribution is 0.584. The van der Waals surface area contributed by atoms with Gasteiger partial charge in [0.15, 0.2) is 0 Å². The Balaban J connectivity index is 3.22. The van der Waals surface area contributed by atoms with Crippen LogP contribution >= 0.6 is 0 Å². The van der Waals surface area contributed by atoms with E-state index in [1.54, 1.807) is 27.0 Å². The van der Waals surface area contributed by atoms with E-state index in [2.05, 4.69) is 9.82 Å². The van der Waals surface area contributed by atoms with Gasteiger partial charge < -0.3 is 0 Å². The van der Waals surface area contributed by atoms with Gasteiger partial charge in [-0.3, -0.25) is 4.68 Å². The van der Waals surface area contributed by atoms with Gasteiger partial charge in [0.2, 0.25) is 10.0 Å². The zero-order valence-corrected chi connectivity index (χ0v) is 9.59. The largest absolute Gasteiger partial charge is 0.271 e. The first-order valence-corrected chi connectivity index (χ1v) is 5.75. The molecule has 6 nitrogen and oxygen atoms in total. The summed E-state index contributed by atoms with van der Waals surface area (Å²) in [6.07, 6.45) is 0. The quantitative estimate of drug-likeness (QED) is 0.728. The third-order valence-corrected chi connectivity index (χ3v) is 3.71. The molecule has 0 radical (unpaired) electrons. The Morgan fingerprint density at radius 3 is 2.53 bits per heavy atom. The molecule has 7 heteroatoms. The monoisotopic (exact) mass is 228 g/mol. The molecule has 82 valence electrons. The Bertz CT molecular complexity index is 509. The van der Waals surface area contributed by atoms with E-state index in [9.17, 15) is 8.42 Å². The Hall–Kier alpha value is -1.39. The van der Waals surface area contributed by atoms with Gasteiger partial charge in [-0.1, -0.05) is 0 Å². The Morgan fingerprint density at radius 1 is 1.53 bits per heavy atom. The summed E-state index contributed by atoms with van der Waals surface area (Å²) in [4.78, 5) is 0.153. The molecule has 1 aromatic heterocycles. The third kappa shape index (κ3) is 2.16. The average Bonchev–Trinajstić information content (AvgIpc) is 2.38. The number of aryl methyl sites for hydroxylation is 2. The second-order valence-corrected chi connectivity index (χ2v) is 4.81. The molecule has 1 heterocycles. The van der Waals surface area contributed by atoms with Gasteiger partial charge in [-0.25, -0.2) is 8.42 Å². The van der Waals surface area contributed by atoms with Crippen LogP contribution in [0.5, 0.6) is 0 Å². The van der Waals surface area contributed by atoms with Crippen LogP contribution in [0.15, 0.2) is 4.90 Å². The average molecular weight is 228 g/mol. The van der Waals surface area contributed by atoms with Gasteiger partial charge in [-0.2, -0.15) is 15.1 Å². The molecule has 0 amide bonds. The lowest BCUT2D eigenvalue weighted by Crippen LogP contribution is -2.25. The first-order chi connectivity index (χ1) is 6.90. The number of hydrogen-bond acceptors (Lipinski definition) is 4. The molecule has 1 rings (SSSR count). The fraction of sp³-hybridized carbons (Fsp3) is 0.500. The van der Waals surface area contributed by atoms with Crippen LogP contribution in [-0.2, 0) is 17.1 Å². The van der Waals surface area contributed by atoms with Gasteiger partial charge >= 0.3 is 0 Å². The molecule has 1 aromatic rings. The number of aromatic nitrogens is 2. The van der Waals surface area contributed by atoms with E-state index in [4.69, 9.17) is 5.26 Å². The number of nitrogens with one attached hydrogen (secondary N) is 1. The van der Waals surface area contributed by atoms with Gasteiger partial charge in [0.05, 0.1) is 24.0 Å². The normalized spacial score (nSPS) is 11.3. The van der Waals surface area contributed by atoms with Gasteiger partial charge in [-0.15, -0.1) is 0 Å². The van der Waals surface area contributed by atoms with E-state index >= 15 is 0 Å². The van der Waals surface area contributed by atoms with E-state index < -0.39 is 10.0 Å². The highest BCUT2D eigenvalue weighted by molar-refractivity contribution is 7.89. The van der Waals surface area contributed by atoms with Crippen LogP contribution in [0.4, 0.5) is 0 Å². The van der Waals surface area contributed by atoms with Crippen molar-refractivity contribution in [2.45, 2.75) is 18.7 Å². The fourth-order valence-electron chi connectivity index (χ4n) is 1.34. The van der Waals surface area contributed by atoms with E-state index in [0.717, 1.165) is 0 Å². The molecule has 0 bridgehead atoms. The van der Waals surface area contributed by atoms with Gasteiger partial charge in [0.1, 0.15) is 4.90 Å². The lowest BCUT2D eigenvalue weighted by atomic mass is 10.4. The minimum absolute atomic E-state index is 0.153. The molecule has 0 aromatic carbocycles. The highest BCUT2D eigenvalue weighted by Gasteiger charge is 2.22. The zero-order valence-electron chi connectivity index (χ0n) is 8.77. The van der Waals surface area contributed by atoms with Crippen molar-refractivity contribution in [3.8, 4) is 6.07 Å². The maximum Gasteiger partial charge on any atom is 0.245 e. The van der Waals surface area contributed by atoms with Crippen molar-refractivity contribution in [2.75, 3.05) is 6.54 Å². The molecule has 0 fully saturated rings. The molecular weight excluding hydrogens is 216 g/mol. The summed E-state index contributed by atoms with van der Waals surface area (Å²) in [5.41, 5.74) is 0.985. The second-order valence-electron chi connectivity index (χ2n) is 3.11. The van der Waals surface area contributed by atoms with Crippen molar-refractivity contribution >= 4 is 10.0 Å². The number of nitriles is 1. The number of nitrogens with zero attached hydrogens (tertiary/aromatic N) is 3. The molecule has 0 aliphatic carbocycles. The molecule has 0 spiro atoms. The minimum Gasteiger partial charge on any atom is -0.271 e. The van der Waals surface area contributed by atoms with E-state index in [1.807, 2.05) is 0 Å².